The number of ether oxygens (including phenoxy) is 2. The lowest BCUT2D eigenvalue weighted by Gasteiger charge is -2.36. The van der Waals surface area contributed by atoms with E-state index in [1.807, 2.05) is 51.3 Å². The number of carbonyl (C=O) groups excluding carboxylic acids is 2. The van der Waals surface area contributed by atoms with Crippen molar-refractivity contribution in [2.75, 3.05) is 31.5 Å². The van der Waals surface area contributed by atoms with Crippen LogP contribution in [-0.2, 0) is 9.47 Å². The van der Waals surface area contributed by atoms with Gasteiger partial charge in [0.1, 0.15) is 11.2 Å². The van der Waals surface area contributed by atoms with Crippen LogP contribution >= 0.6 is 15.9 Å². The van der Waals surface area contributed by atoms with E-state index in [4.69, 9.17) is 9.47 Å². The number of amides is 2. The van der Waals surface area contributed by atoms with Crippen molar-refractivity contribution >= 4 is 28.1 Å². The fourth-order valence-corrected chi connectivity index (χ4v) is 5.05. The van der Waals surface area contributed by atoms with Crippen molar-refractivity contribution in [2.24, 2.45) is 17.8 Å². The van der Waals surface area contributed by atoms with Crippen LogP contribution in [0.15, 0.2) is 0 Å². The molecular weight excluding hydrogens is 460 g/mol. The Balaban J connectivity index is 1.71. The van der Waals surface area contributed by atoms with E-state index in [9.17, 15) is 9.59 Å². The number of hydrogen-bond donors (Lipinski definition) is 0. The molecule has 2 aliphatic heterocycles. The minimum atomic E-state index is -0.436. The third-order valence-electron chi connectivity index (χ3n) is 6.08. The van der Waals surface area contributed by atoms with Crippen LogP contribution in [0.5, 0.6) is 0 Å². The third kappa shape index (κ3) is 9.58. The molecule has 0 bridgehead atoms. The zero-order chi connectivity index (χ0) is 23.2. The molecule has 180 valence electrons. The first-order valence-electron chi connectivity index (χ1n) is 11.9. The Morgan fingerprint density at radius 2 is 1.10 bits per heavy atom. The van der Waals surface area contributed by atoms with Gasteiger partial charge in [0, 0.05) is 31.5 Å². The minimum absolute atomic E-state index is 0.181. The standard InChI is InChI=1S/C24H43BrN2O4/c1-23(2,3)30-21(28)26-11-7-18(8-12-26)15-20(17-25)16-19-9-13-27(14-10-19)22(29)31-24(4,5)6/h18-20H,7-17H2,1-6H3. The highest BCUT2D eigenvalue weighted by molar-refractivity contribution is 9.09. The normalized spacial score (nSPS) is 19.6. The molecule has 0 aromatic carbocycles. The summed E-state index contributed by atoms with van der Waals surface area (Å²) in [5, 5.41) is 1.02. The molecule has 2 amide bonds. The molecule has 2 fully saturated rings. The molecular formula is C24H43BrN2O4. The van der Waals surface area contributed by atoms with Crippen LogP contribution in [0.2, 0.25) is 0 Å². The predicted octanol–water partition coefficient (Wildman–Crippen LogP) is 6.07. The maximum atomic E-state index is 12.3. The van der Waals surface area contributed by atoms with E-state index in [1.165, 1.54) is 12.8 Å². The molecule has 0 N–H and O–H groups in total. The van der Waals surface area contributed by atoms with Gasteiger partial charge in [-0.15, -0.1) is 0 Å². The lowest BCUT2D eigenvalue weighted by molar-refractivity contribution is 0.0171. The Hall–Kier alpha value is -0.980. The van der Waals surface area contributed by atoms with Crippen LogP contribution in [0, 0.1) is 17.8 Å². The highest BCUT2D eigenvalue weighted by Gasteiger charge is 2.31. The molecule has 0 atom stereocenters. The zero-order valence-corrected chi connectivity index (χ0v) is 22.0. The van der Waals surface area contributed by atoms with Crippen molar-refractivity contribution in [2.45, 2.75) is 91.3 Å². The van der Waals surface area contributed by atoms with E-state index >= 15 is 0 Å². The second kappa shape index (κ2) is 11.2. The zero-order valence-electron chi connectivity index (χ0n) is 20.4. The van der Waals surface area contributed by atoms with Gasteiger partial charge in [0.2, 0.25) is 0 Å². The van der Waals surface area contributed by atoms with Crippen LogP contribution in [0.4, 0.5) is 9.59 Å². The number of halogens is 1. The number of piperidine rings is 2. The number of hydrogen-bond acceptors (Lipinski definition) is 4. The van der Waals surface area contributed by atoms with Crippen molar-refractivity contribution in [3.8, 4) is 0 Å². The molecule has 6 nitrogen and oxygen atoms in total. The first-order valence-corrected chi connectivity index (χ1v) is 13.0. The highest BCUT2D eigenvalue weighted by Crippen LogP contribution is 2.32. The first kappa shape index (κ1) is 26.3. The van der Waals surface area contributed by atoms with E-state index in [2.05, 4.69) is 15.9 Å². The van der Waals surface area contributed by atoms with Crippen molar-refractivity contribution in [3.63, 3.8) is 0 Å². The smallest absolute Gasteiger partial charge is 0.410 e. The van der Waals surface area contributed by atoms with Crippen molar-refractivity contribution in [1.29, 1.82) is 0 Å². The third-order valence-corrected chi connectivity index (χ3v) is 7.00. The van der Waals surface area contributed by atoms with Gasteiger partial charge in [-0.3, -0.25) is 0 Å². The molecule has 2 saturated heterocycles. The molecule has 0 saturated carbocycles. The number of rotatable bonds is 5. The second-order valence-electron chi connectivity index (χ2n) is 11.3. The average molecular weight is 504 g/mol. The summed E-state index contributed by atoms with van der Waals surface area (Å²) < 4.78 is 11.0. The SMILES string of the molecule is CC(C)(C)OC(=O)N1CCC(CC(CBr)CC2CCN(C(=O)OC(C)(C)C)CC2)CC1. The van der Waals surface area contributed by atoms with E-state index in [0.29, 0.717) is 17.8 Å². The predicted molar refractivity (Wildman–Crippen MR) is 128 cm³/mol. The molecule has 0 aromatic rings. The lowest BCUT2D eigenvalue weighted by Crippen LogP contribution is -2.42. The summed E-state index contributed by atoms with van der Waals surface area (Å²) >= 11 is 3.74. The maximum absolute atomic E-state index is 12.3. The molecule has 31 heavy (non-hydrogen) atoms. The summed E-state index contributed by atoms with van der Waals surface area (Å²) in [6.45, 7) is 14.7. The van der Waals surface area contributed by atoms with Crippen LogP contribution in [0.1, 0.15) is 80.1 Å². The van der Waals surface area contributed by atoms with E-state index in [-0.39, 0.29) is 12.2 Å². The summed E-state index contributed by atoms with van der Waals surface area (Å²) in [7, 11) is 0. The number of likely N-dealkylation sites (tertiary alicyclic amines) is 2. The molecule has 2 rings (SSSR count). The molecule has 2 aliphatic rings. The molecule has 0 spiro atoms. The monoisotopic (exact) mass is 502 g/mol. The van der Waals surface area contributed by atoms with Crippen molar-refractivity contribution < 1.29 is 19.1 Å². The summed E-state index contributed by atoms with van der Waals surface area (Å²) in [5.41, 5.74) is -0.873. The molecule has 0 unspecified atom stereocenters. The second-order valence-corrected chi connectivity index (χ2v) is 12.0. The van der Waals surface area contributed by atoms with Gasteiger partial charge in [0.25, 0.3) is 0 Å². The van der Waals surface area contributed by atoms with Gasteiger partial charge in [0.15, 0.2) is 0 Å². The highest BCUT2D eigenvalue weighted by atomic mass is 79.9. The fourth-order valence-electron chi connectivity index (χ4n) is 4.52. The van der Waals surface area contributed by atoms with Crippen molar-refractivity contribution in [3.05, 3.63) is 0 Å². The maximum Gasteiger partial charge on any atom is 0.410 e. The summed E-state index contributed by atoms with van der Waals surface area (Å²) in [6, 6.07) is 0. The van der Waals surface area contributed by atoms with Gasteiger partial charge < -0.3 is 19.3 Å². The van der Waals surface area contributed by atoms with Gasteiger partial charge in [0.05, 0.1) is 0 Å². The van der Waals surface area contributed by atoms with Gasteiger partial charge in [-0.2, -0.15) is 0 Å². The molecule has 0 aromatic heterocycles. The Labute approximate surface area is 197 Å². The number of carbonyl (C=O) groups is 2. The van der Waals surface area contributed by atoms with E-state index in [1.54, 1.807) is 0 Å². The Morgan fingerprint density at radius 1 is 0.774 bits per heavy atom. The minimum Gasteiger partial charge on any atom is -0.444 e. The quantitative estimate of drug-likeness (QED) is 0.427. The first-order chi connectivity index (χ1) is 14.4. The van der Waals surface area contributed by atoms with Gasteiger partial charge in [-0.25, -0.2) is 9.59 Å². The van der Waals surface area contributed by atoms with Crippen LogP contribution in [0.3, 0.4) is 0 Å². The summed E-state index contributed by atoms with van der Waals surface area (Å²) in [4.78, 5) is 28.3. The van der Waals surface area contributed by atoms with Crippen LogP contribution in [0.25, 0.3) is 0 Å². The molecule has 0 radical (unpaired) electrons. The van der Waals surface area contributed by atoms with Crippen LogP contribution in [-0.4, -0.2) is 64.7 Å². The number of alkyl halides is 1. The summed E-state index contributed by atoms with van der Waals surface area (Å²) in [5.74, 6) is 1.99. The number of nitrogens with zero attached hydrogens (tertiary/aromatic N) is 2. The van der Waals surface area contributed by atoms with Gasteiger partial charge >= 0.3 is 12.2 Å². The fraction of sp³-hybridized carbons (Fsp3) is 0.917. The van der Waals surface area contributed by atoms with Gasteiger partial charge in [-0.05, 0) is 97.8 Å². The largest absolute Gasteiger partial charge is 0.444 e. The summed E-state index contributed by atoms with van der Waals surface area (Å²) in [6.07, 6.45) is 6.28. The van der Waals surface area contributed by atoms with Gasteiger partial charge in [-0.1, -0.05) is 15.9 Å². The topological polar surface area (TPSA) is 59.1 Å². The molecule has 0 aliphatic carbocycles. The lowest BCUT2D eigenvalue weighted by atomic mass is 9.81. The molecule has 2 heterocycles. The van der Waals surface area contributed by atoms with E-state index in [0.717, 1.165) is 57.2 Å². The van der Waals surface area contributed by atoms with Crippen LogP contribution < -0.4 is 0 Å². The Bertz CT molecular complexity index is 533. The van der Waals surface area contributed by atoms with E-state index < -0.39 is 11.2 Å². The molecule has 7 heteroatoms. The Morgan fingerprint density at radius 3 is 1.35 bits per heavy atom. The average Bonchev–Trinajstić information content (AvgIpc) is 2.66. The Kier molecular flexibility index (Phi) is 9.53. The van der Waals surface area contributed by atoms with Crippen molar-refractivity contribution in [1.82, 2.24) is 9.80 Å².